The monoisotopic (exact) mass is 373 g/mol. The Balaban J connectivity index is 1.80. The van der Waals surface area contributed by atoms with Gasteiger partial charge in [0.2, 0.25) is 0 Å². The van der Waals surface area contributed by atoms with Crippen LogP contribution < -0.4 is 15.4 Å². The van der Waals surface area contributed by atoms with Crippen molar-refractivity contribution < 1.29 is 13.9 Å². The molecule has 0 spiro atoms. The molecular formula is C21H28FN3O2. The molecule has 0 saturated carbocycles. The van der Waals surface area contributed by atoms with Gasteiger partial charge in [-0.3, -0.25) is 4.99 Å². The Kier molecular flexibility index (Phi) is 7.61. The summed E-state index contributed by atoms with van der Waals surface area (Å²) in [7, 11) is 3.42. The number of ether oxygens (including phenoxy) is 2. The van der Waals surface area contributed by atoms with Crippen LogP contribution in [0.3, 0.4) is 0 Å². The number of hydrogen-bond donors (Lipinski definition) is 2. The quantitative estimate of drug-likeness (QED) is 0.549. The fourth-order valence-corrected chi connectivity index (χ4v) is 2.27. The number of rotatable bonds is 8. The van der Waals surface area contributed by atoms with Crippen LogP contribution in [0.25, 0.3) is 0 Å². The minimum Gasteiger partial charge on any atom is -0.489 e. The van der Waals surface area contributed by atoms with E-state index in [1.807, 2.05) is 44.2 Å². The summed E-state index contributed by atoms with van der Waals surface area (Å²) >= 11 is 0. The molecule has 2 aromatic rings. The van der Waals surface area contributed by atoms with Crippen LogP contribution in [0.5, 0.6) is 5.75 Å². The molecule has 0 fully saturated rings. The third kappa shape index (κ3) is 7.27. The summed E-state index contributed by atoms with van der Waals surface area (Å²) in [5.41, 5.74) is 1.63. The van der Waals surface area contributed by atoms with Crippen molar-refractivity contribution >= 4 is 5.96 Å². The highest BCUT2D eigenvalue weighted by Crippen LogP contribution is 2.15. The molecule has 27 heavy (non-hydrogen) atoms. The number of nitrogens with zero attached hydrogens (tertiary/aromatic N) is 1. The van der Waals surface area contributed by atoms with Gasteiger partial charge in [0.05, 0.1) is 5.60 Å². The van der Waals surface area contributed by atoms with Gasteiger partial charge < -0.3 is 20.1 Å². The van der Waals surface area contributed by atoms with E-state index >= 15 is 0 Å². The van der Waals surface area contributed by atoms with E-state index in [2.05, 4.69) is 15.6 Å². The smallest absolute Gasteiger partial charge is 0.191 e. The van der Waals surface area contributed by atoms with Gasteiger partial charge in [-0.05, 0) is 49.2 Å². The van der Waals surface area contributed by atoms with Crippen molar-refractivity contribution in [2.75, 3.05) is 20.7 Å². The molecule has 0 aliphatic rings. The van der Waals surface area contributed by atoms with Gasteiger partial charge >= 0.3 is 0 Å². The van der Waals surface area contributed by atoms with Gasteiger partial charge in [0.1, 0.15) is 18.2 Å². The highest BCUT2D eigenvalue weighted by molar-refractivity contribution is 5.79. The fraction of sp³-hybridized carbons (Fsp3) is 0.381. The predicted octanol–water partition coefficient (Wildman–Crippen LogP) is 3.49. The van der Waals surface area contributed by atoms with Gasteiger partial charge in [-0.2, -0.15) is 0 Å². The molecule has 0 aromatic heterocycles. The summed E-state index contributed by atoms with van der Waals surface area (Å²) in [5.74, 6) is 1.20. The largest absolute Gasteiger partial charge is 0.489 e. The van der Waals surface area contributed by atoms with E-state index in [0.717, 1.165) is 16.9 Å². The number of benzene rings is 2. The summed E-state index contributed by atoms with van der Waals surface area (Å²) in [6.07, 6.45) is 0. The minimum atomic E-state index is -0.266. The molecule has 0 heterocycles. The third-order valence-corrected chi connectivity index (χ3v) is 4.14. The Bertz CT molecular complexity index is 745. The van der Waals surface area contributed by atoms with E-state index in [4.69, 9.17) is 9.47 Å². The first-order valence-corrected chi connectivity index (χ1v) is 8.88. The normalized spacial score (nSPS) is 12.0. The molecule has 0 unspecified atom stereocenters. The highest BCUT2D eigenvalue weighted by Gasteiger charge is 2.16. The van der Waals surface area contributed by atoms with Crippen molar-refractivity contribution in [1.82, 2.24) is 10.6 Å². The molecule has 0 atom stereocenters. The molecule has 0 aliphatic carbocycles. The van der Waals surface area contributed by atoms with Crippen molar-refractivity contribution in [3.63, 3.8) is 0 Å². The zero-order valence-electron chi connectivity index (χ0n) is 16.4. The number of hydrogen-bond acceptors (Lipinski definition) is 3. The first-order valence-electron chi connectivity index (χ1n) is 8.88. The van der Waals surface area contributed by atoms with Gasteiger partial charge in [0.15, 0.2) is 5.96 Å². The molecule has 0 saturated heterocycles. The first kappa shape index (κ1) is 20.7. The molecule has 146 valence electrons. The summed E-state index contributed by atoms with van der Waals surface area (Å²) in [5, 5.41) is 6.51. The standard InChI is InChI=1S/C21H28FN3O2/c1-21(2,26-4)15-25-20(23-3)24-13-16-8-10-19(11-9-16)27-14-17-6-5-7-18(22)12-17/h5-12H,13-15H2,1-4H3,(H2,23,24,25). The molecule has 0 aliphatic heterocycles. The maximum absolute atomic E-state index is 13.2. The highest BCUT2D eigenvalue weighted by atomic mass is 19.1. The fourth-order valence-electron chi connectivity index (χ4n) is 2.27. The maximum Gasteiger partial charge on any atom is 0.191 e. The molecular weight excluding hydrogens is 345 g/mol. The Hall–Kier alpha value is -2.60. The molecule has 0 radical (unpaired) electrons. The predicted molar refractivity (Wildman–Crippen MR) is 106 cm³/mol. The molecule has 6 heteroatoms. The number of methoxy groups -OCH3 is 1. The summed E-state index contributed by atoms with van der Waals surface area (Å²) in [6.45, 7) is 5.64. The lowest BCUT2D eigenvalue weighted by Gasteiger charge is -2.24. The number of nitrogens with one attached hydrogen (secondary N) is 2. The molecule has 0 amide bonds. The number of aliphatic imine (C=N–C) groups is 1. The van der Waals surface area contributed by atoms with E-state index in [0.29, 0.717) is 25.7 Å². The second-order valence-electron chi connectivity index (χ2n) is 6.81. The van der Waals surface area contributed by atoms with Gasteiger partial charge in [0.25, 0.3) is 0 Å². The summed E-state index contributed by atoms with van der Waals surface area (Å²) in [4.78, 5) is 4.21. The summed E-state index contributed by atoms with van der Waals surface area (Å²) < 4.78 is 24.3. The van der Waals surface area contributed by atoms with Crippen molar-refractivity contribution in [3.8, 4) is 5.75 Å². The molecule has 2 aromatic carbocycles. The van der Waals surface area contributed by atoms with Crippen LogP contribution in [0.4, 0.5) is 4.39 Å². The van der Waals surface area contributed by atoms with E-state index in [-0.39, 0.29) is 11.4 Å². The lowest BCUT2D eigenvalue weighted by Crippen LogP contribution is -2.45. The Morgan fingerprint density at radius 3 is 2.44 bits per heavy atom. The van der Waals surface area contributed by atoms with Crippen molar-refractivity contribution in [1.29, 1.82) is 0 Å². The average molecular weight is 373 g/mol. The first-order chi connectivity index (χ1) is 12.9. The average Bonchev–Trinajstić information content (AvgIpc) is 2.67. The van der Waals surface area contributed by atoms with E-state index < -0.39 is 0 Å². The summed E-state index contributed by atoms with van der Waals surface area (Å²) in [6, 6.07) is 14.2. The van der Waals surface area contributed by atoms with E-state index in [9.17, 15) is 4.39 Å². The van der Waals surface area contributed by atoms with Crippen LogP contribution in [-0.4, -0.2) is 32.3 Å². The van der Waals surface area contributed by atoms with Crippen LogP contribution in [0.1, 0.15) is 25.0 Å². The van der Waals surface area contributed by atoms with Gasteiger partial charge in [-0.15, -0.1) is 0 Å². The minimum absolute atomic E-state index is 0.256. The van der Waals surface area contributed by atoms with E-state index in [1.165, 1.54) is 12.1 Å². The molecule has 0 bridgehead atoms. The Morgan fingerprint density at radius 2 is 1.81 bits per heavy atom. The molecule has 2 N–H and O–H groups in total. The van der Waals surface area contributed by atoms with Crippen molar-refractivity contribution in [3.05, 3.63) is 65.5 Å². The van der Waals surface area contributed by atoms with Gasteiger partial charge in [-0.25, -0.2) is 4.39 Å². The van der Waals surface area contributed by atoms with Gasteiger partial charge in [-0.1, -0.05) is 24.3 Å². The van der Waals surface area contributed by atoms with Crippen LogP contribution >= 0.6 is 0 Å². The van der Waals surface area contributed by atoms with Crippen molar-refractivity contribution in [2.45, 2.75) is 32.6 Å². The van der Waals surface area contributed by atoms with Crippen LogP contribution in [0.15, 0.2) is 53.5 Å². The molecule has 5 nitrogen and oxygen atoms in total. The SMILES string of the molecule is CN=C(NCc1ccc(OCc2cccc(F)c2)cc1)NCC(C)(C)OC. The zero-order chi connectivity index (χ0) is 19.7. The van der Waals surface area contributed by atoms with Gasteiger partial charge in [0, 0.05) is 27.2 Å². The maximum atomic E-state index is 13.2. The van der Waals surface area contributed by atoms with Crippen molar-refractivity contribution in [2.24, 2.45) is 4.99 Å². The van der Waals surface area contributed by atoms with Crippen LogP contribution in [-0.2, 0) is 17.9 Å². The lowest BCUT2D eigenvalue weighted by atomic mass is 10.1. The lowest BCUT2D eigenvalue weighted by molar-refractivity contribution is 0.0268. The third-order valence-electron chi connectivity index (χ3n) is 4.14. The molecule has 2 rings (SSSR count). The second kappa shape index (κ2) is 9.92. The van der Waals surface area contributed by atoms with E-state index in [1.54, 1.807) is 20.2 Å². The van der Waals surface area contributed by atoms with Crippen LogP contribution in [0.2, 0.25) is 0 Å². The topological polar surface area (TPSA) is 54.9 Å². The second-order valence-corrected chi connectivity index (χ2v) is 6.81. The number of guanidine groups is 1. The number of halogens is 1. The Morgan fingerprint density at radius 1 is 1.07 bits per heavy atom. The zero-order valence-corrected chi connectivity index (χ0v) is 16.4. The van der Waals surface area contributed by atoms with Crippen LogP contribution in [0, 0.1) is 5.82 Å². The Labute approximate surface area is 160 Å².